The lowest BCUT2D eigenvalue weighted by molar-refractivity contribution is 0.0930. The van der Waals surface area contributed by atoms with E-state index in [2.05, 4.69) is 50.1 Å². The summed E-state index contributed by atoms with van der Waals surface area (Å²) < 4.78 is 5.82. The van der Waals surface area contributed by atoms with Crippen LogP contribution in [0.2, 0.25) is 0 Å². The number of amides is 1. The molecular formula is C44H84N2O2. The molecule has 0 saturated carbocycles. The van der Waals surface area contributed by atoms with Gasteiger partial charge in [-0.15, -0.1) is 0 Å². The van der Waals surface area contributed by atoms with Crippen molar-refractivity contribution in [3.05, 3.63) is 24.3 Å². The summed E-state index contributed by atoms with van der Waals surface area (Å²) >= 11 is 0. The number of allylic oxidation sites excluding steroid dienone is 4. The SMILES string of the molecule is CCCCCCCCC=CCCCCCCCCN(CCCCCCCCC=CCCCCCCCC)C(=O)OCCC1CCCN1C. The summed E-state index contributed by atoms with van der Waals surface area (Å²) in [6.45, 7) is 8.02. The first kappa shape index (κ1) is 44.7. The van der Waals surface area contributed by atoms with Crippen molar-refractivity contribution in [1.29, 1.82) is 0 Å². The Bertz CT molecular complexity index is 693. The van der Waals surface area contributed by atoms with E-state index in [-0.39, 0.29) is 6.09 Å². The number of rotatable bonds is 35. The Morgan fingerprint density at radius 2 is 0.958 bits per heavy atom. The van der Waals surface area contributed by atoms with Crippen LogP contribution in [-0.4, -0.2) is 55.2 Å². The fourth-order valence-corrected chi connectivity index (χ4v) is 7.11. The molecule has 282 valence electrons. The lowest BCUT2D eigenvalue weighted by Gasteiger charge is -2.24. The first-order valence-corrected chi connectivity index (χ1v) is 21.6. The molecule has 1 aliphatic rings. The highest BCUT2D eigenvalue weighted by Crippen LogP contribution is 2.18. The molecule has 0 aromatic rings. The fourth-order valence-electron chi connectivity index (χ4n) is 7.11. The van der Waals surface area contributed by atoms with Gasteiger partial charge < -0.3 is 14.5 Å². The van der Waals surface area contributed by atoms with E-state index in [0.29, 0.717) is 12.6 Å². The molecule has 0 radical (unpaired) electrons. The molecule has 0 aromatic heterocycles. The third-order valence-electron chi connectivity index (χ3n) is 10.5. The third kappa shape index (κ3) is 28.5. The quantitative estimate of drug-likeness (QED) is 0.0496. The lowest BCUT2D eigenvalue weighted by Crippen LogP contribution is -2.34. The Kier molecular flexibility index (Phi) is 33.1. The van der Waals surface area contributed by atoms with E-state index in [1.165, 1.54) is 186 Å². The maximum absolute atomic E-state index is 13.1. The summed E-state index contributed by atoms with van der Waals surface area (Å²) in [6.07, 6.45) is 49.9. The second-order valence-electron chi connectivity index (χ2n) is 15.0. The lowest BCUT2D eigenvalue weighted by atomic mass is 10.1. The normalized spacial score (nSPS) is 15.4. The Hall–Kier alpha value is -1.29. The summed E-state index contributed by atoms with van der Waals surface area (Å²) in [4.78, 5) is 17.5. The van der Waals surface area contributed by atoms with Gasteiger partial charge in [-0.2, -0.15) is 0 Å². The van der Waals surface area contributed by atoms with Crippen molar-refractivity contribution in [1.82, 2.24) is 9.80 Å². The van der Waals surface area contributed by atoms with Crippen LogP contribution in [0.25, 0.3) is 0 Å². The molecule has 0 aromatic carbocycles. The molecule has 4 nitrogen and oxygen atoms in total. The van der Waals surface area contributed by atoms with E-state index in [1.54, 1.807) is 0 Å². The zero-order chi connectivity index (χ0) is 34.6. The maximum atomic E-state index is 13.1. The monoisotopic (exact) mass is 673 g/mol. The molecule has 4 heteroatoms. The topological polar surface area (TPSA) is 32.8 Å². The van der Waals surface area contributed by atoms with Crippen LogP contribution in [0, 0.1) is 0 Å². The van der Waals surface area contributed by atoms with Gasteiger partial charge in [0.15, 0.2) is 0 Å². The second-order valence-corrected chi connectivity index (χ2v) is 15.0. The van der Waals surface area contributed by atoms with Gasteiger partial charge in [-0.3, -0.25) is 0 Å². The molecule has 0 bridgehead atoms. The predicted molar refractivity (Wildman–Crippen MR) is 212 cm³/mol. The van der Waals surface area contributed by atoms with Gasteiger partial charge in [-0.1, -0.05) is 154 Å². The van der Waals surface area contributed by atoms with Gasteiger partial charge in [-0.25, -0.2) is 4.79 Å². The number of ether oxygens (including phenoxy) is 1. The highest BCUT2D eigenvalue weighted by molar-refractivity contribution is 5.67. The minimum atomic E-state index is -0.0730. The van der Waals surface area contributed by atoms with Crippen LogP contribution in [-0.2, 0) is 4.74 Å². The Morgan fingerprint density at radius 3 is 1.33 bits per heavy atom. The predicted octanol–water partition coefficient (Wildman–Crippen LogP) is 14.0. The van der Waals surface area contributed by atoms with Crippen LogP contribution in [0.3, 0.4) is 0 Å². The second kappa shape index (κ2) is 35.5. The van der Waals surface area contributed by atoms with Gasteiger partial charge >= 0.3 is 6.09 Å². The zero-order valence-corrected chi connectivity index (χ0v) is 32.8. The first-order chi connectivity index (χ1) is 23.7. The summed E-state index contributed by atoms with van der Waals surface area (Å²) in [5, 5.41) is 0. The highest BCUT2D eigenvalue weighted by atomic mass is 16.6. The van der Waals surface area contributed by atoms with Crippen molar-refractivity contribution in [2.24, 2.45) is 0 Å². The van der Waals surface area contributed by atoms with Crippen LogP contribution in [0.5, 0.6) is 0 Å². The average Bonchev–Trinajstić information content (AvgIpc) is 3.50. The molecule has 0 spiro atoms. The molecule has 1 heterocycles. The minimum absolute atomic E-state index is 0.0730. The zero-order valence-electron chi connectivity index (χ0n) is 32.8. The van der Waals surface area contributed by atoms with Gasteiger partial charge in [0.1, 0.15) is 0 Å². The van der Waals surface area contributed by atoms with Crippen LogP contribution < -0.4 is 0 Å². The fraction of sp³-hybridized carbons (Fsp3) is 0.886. The third-order valence-corrected chi connectivity index (χ3v) is 10.5. The summed E-state index contributed by atoms with van der Waals surface area (Å²) in [5.74, 6) is 0. The van der Waals surface area contributed by atoms with E-state index in [1.807, 2.05) is 4.90 Å². The Morgan fingerprint density at radius 1 is 0.583 bits per heavy atom. The molecule has 0 aliphatic carbocycles. The summed E-state index contributed by atoms with van der Waals surface area (Å²) in [5.41, 5.74) is 0. The van der Waals surface area contributed by atoms with Crippen molar-refractivity contribution in [2.75, 3.05) is 33.3 Å². The van der Waals surface area contributed by atoms with Crippen molar-refractivity contribution in [3.63, 3.8) is 0 Å². The van der Waals surface area contributed by atoms with E-state index in [0.717, 1.165) is 32.4 Å². The summed E-state index contributed by atoms with van der Waals surface area (Å²) in [7, 11) is 2.20. The van der Waals surface area contributed by atoms with Gasteiger partial charge in [0.2, 0.25) is 0 Å². The van der Waals surface area contributed by atoms with Gasteiger partial charge in [0, 0.05) is 19.1 Å². The number of unbranched alkanes of at least 4 members (excludes halogenated alkanes) is 24. The summed E-state index contributed by atoms with van der Waals surface area (Å²) in [6, 6.07) is 0.581. The molecule has 1 atom stereocenters. The van der Waals surface area contributed by atoms with E-state index in [9.17, 15) is 4.79 Å². The standard InChI is InChI=1S/C44H84N2O2/c1-4-6-8-10-12-14-16-18-20-22-24-26-28-30-32-34-40-46(44(47)48-42-38-43-37-36-39-45(43)3)41-35-33-31-29-27-25-23-21-19-17-15-13-11-9-7-5-2/h18-21,43H,4-17,22-42H2,1-3H3. The number of carbonyl (C=O) groups is 1. The number of hydrogen-bond donors (Lipinski definition) is 0. The molecule has 1 unspecified atom stereocenters. The Labute approximate surface area is 301 Å². The Balaban J connectivity index is 2.14. The molecule has 48 heavy (non-hydrogen) atoms. The minimum Gasteiger partial charge on any atom is -0.449 e. The van der Waals surface area contributed by atoms with Crippen LogP contribution >= 0.6 is 0 Å². The van der Waals surface area contributed by atoms with Crippen molar-refractivity contribution < 1.29 is 9.53 Å². The highest BCUT2D eigenvalue weighted by Gasteiger charge is 2.21. The number of nitrogens with zero attached hydrogens (tertiary/aromatic N) is 2. The smallest absolute Gasteiger partial charge is 0.409 e. The van der Waals surface area contributed by atoms with E-state index in [4.69, 9.17) is 4.74 Å². The molecular weight excluding hydrogens is 588 g/mol. The van der Waals surface area contributed by atoms with E-state index >= 15 is 0 Å². The van der Waals surface area contributed by atoms with Gasteiger partial charge in [-0.05, 0) is 97.1 Å². The average molecular weight is 673 g/mol. The molecule has 0 N–H and O–H groups in total. The van der Waals surface area contributed by atoms with Crippen molar-refractivity contribution in [3.8, 4) is 0 Å². The van der Waals surface area contributed by atoms with Crippen LogP contribution in [0.15, 0.2) is 24.3 Å². The maximum Gasteiger partial charge on any atom is 0.409 e. The van der Waals surface area contributed by atoms with Gasteiger partial charge in [0.25, 0.3) is 0 Å². The number of carbonyl (C=O) groups excluding carboxylic acids is 1. The molecule has 1 fully saturated rings. The van der Waals surface area contributed by atoms with Crippen LogP contribution in [0.4, 0.5) is 4.79 Å². The first-order valence-electron chi connectivity index (χ1n) is 21.6. The molecule has 1 aliphatic heterocycles. The molecule has 1 saturated heterocycles. The molecule has 1 amide bonds. The van der Waals surface area contributed by atoms with E-state index < -0.39 is 0 Å². The van der Waals surface area contributed by atoms with Crippen LogP contribution in [0.1, 0.15) is 213 Å². The van der Waals surface area contributed by atoms with Crippen molar-refractivity contribution >= 4 is 6.09 Å². The number of hydrogen-bond acceptors (Lipinski definition) is 3. The molecule has 1 rings (SSSR count). The largest absolute Gasteiger partial charge is 0.449 e. The van der Waals surface area contributed by atoms with Crippen molar-refractivity contribution in [2.45, 2.75) is 219 Å². The number of likely N-dealkylation sites (tertiary alicyclic amines) is 1. The van der Waals surface area contributed by atoms with Gasteiger partial charge in [0.05, 0.1) is 6.61 Å².